The second-order valence-electron chi connectivity index (χ2n) is 5.22. The normalized spacial score (nSPS) is 19.3. The minimum Gasteiger partial charge on any atom is -0.391 e. The summed E-state index contributed by atoms with van der Waals surface area (Å²) in [6.07, 6.45) is 7.20. The minimum atomic E-state index is -0.391. The zero-order chi connectivity index (χ0) is 12.7. The highest BCUT2D eigenvalue weighted by molar-refractivity contribution is 5.78. The van der Waals surface area contributed by atoms with Gasteiger partial charge in [0.05, 0.1) is 6.10 Å². The van der Waals surface area contributed by atoms with Crippen LogP contribution in [0.4, 0.5) is 0 Å². The Morgan fingerprint density at radius 3 is 2.35 bits per heavy atom. The molecule has 0 aromatic carbocycles. The van der Waals surface area contributed by atoms with E-state index >= 15 is 0 Å². The molecule has 1 atom stereocenters. The van der Waals surface area contributed by atoms with Gasteiger partial charge in [-0.15, -0.1) is 0 Å². The SMILES string of the molecule is CCC(CC)C(O)CNC(=O)C1CCCCC1. The Labute approximate surface area is 105 Å². The summed E-state index contributed by atoms with van der Waals surface area (Å²) in [5.74, 6) is 0.647. The maximum atomic E-state index is 11.9. The highest BCUT2D eigenvalue weighted by atomic mass is 16.3. The van der Waals surface area contributed by atoms with Crippen LogP contribution in [0.2, 0.25) is 0 Å². The van der Waals surface area contributed by atoms with Gasteiger partial charge in [0.1, 0.15) is 0 Å². The number of amides is 1. The van der Waals surface area contributed by atoms with Crippen molar-refractivity contribution in [2.24, 2.45) is 11.8 Å². The van der Waals surface area contributed by atoms with Crippen molar-refractivity contribution in [2.45, 2.75) is 64.9 Å². The molecule has 1 saturated carbocycles. The summed E-state index contributed by atoms with van der Waals surface area (Å²) in [5, 5.41) is 12.9. The van der Waals surface area contributed by atoms with Crippen LogP contribution in [0, 0.1) is 11.8 Å². The summed E-state index contributed by atoms with van der Waals surface area (Å²) < 4.78 is 0. The Hall–Kier alpha value is -0.570. The number of nitrogens with one attached hydrogen (secondary N) is 1. The molecule has 1 aliphatic rings. The lowest BCUT2D eigenvalue weighted by Gasteiger charge is -2.24. The van der Waals surface area contributed by atoms with Crippen LogP contribution in [-0.2, 0) is 4.79 Å². The van der Waals surface area contributed by atoms with E-state index in [9.17, 15) is 9.90 Å². The van der Waals surface area contributed by atoms with Crippen LogP contribution in [0.1, 0.15) is 58.8 Å². The van der Waals surface area contributed by atoms with E-state index in [-0.39, 0.29) is 11.8 Å². The van der Waals surface area contributed by atoms with Gasteiger partial charge in [0, 0.05) is 12.5 Å². The van der Waals surface area contributed by atoms with E-state index in [4.69, 9.17) is 0 Å². The maximum Gasteiger partial charge on any atom is 0.223 e. The van der Waals surface area contributed by atoms with Gasteiger partial charge in [0.25, 0.3) is 0 Å². The first-order valence-electron chi connectivity index (χ1n) is 7.14. The van der Waals surface area contributed by atoms with E-state index in [1.165, 1.54) is 19.3 Å². The topological polar surface area (TPSA) is 49.3 Å². The molecule has 0 aromatic rings. The van der Waals surface area contributed by atoms with Crippen LogP contribution in [0.15, 0.2) is 0 Å². The fourth-order valence-electron chi connectivity index (χ4n) is 2.71. The smallest absolute Gasteiger partial charge is 0.223 e. The van der Waals surface area contributed by atoms with E-state index in [1.807, 2.05) is 0 Å². The van der Waals surface area contributed by atoms with Gasteiger partial charge in [0.2, 0.25) is 5.91 Å². The molecule has 1 fully saturated rings. The fourth-order valence-corrected chi connectivity index (χ4v) is 2.71. The van der Waals surface area contributed by atoms with Crippen molar-refractivity contribution < 1.29 is 9.90 Å². The maximum absolute atomic E-state index is 11.9. The van der Waals surface area contributed by atoms with Crippen LogP contribution in [0.5, 0.6) is 0 Å². The Kier molecular flexibility index (Phi) is 6.56. The summed E-state index contributed by atoms with van der Waals surface area (Å²) in [6.45, 7) is 4.59. The van der Waals surface area contributed by atoms with Crippen molar-refractivity contribution in [1.82, 2.24) is 5.32 Å². The molecular formula is C14H27NO2. The predicted molar refractivity (Wildman–Crippen MR) is 69.7 cm³/mol. The molecule has 1 aliphatic carbocycles. The molecule has 0 radical (unpaired) electrons. The van der Waals surface area contributed by atoms with Crippen LogP contribution in [-0.4, -0.2) is 23.7 Å². The summed E-state index contributed by atoms with van der Waals surface area (Å²) in [6, 6.07) is 0. The number of aliphatic hydroxyl groups excluding tert-OH is 1. The first-order valence-corrected chi connectivity index (χ1v) is 7.14. The Bertz CT molecular complexity index is 220. The fraction of sp³-hybridized carbons (Fsp3) is 0.929. The number of aliphatic hydroxyl groups is 1. The molecule has 1 amide bonds. The van der Waals surface area contributed by atoms with Crippen molar-refractivity contribution in [1.29, 1.82) is 0 Å². The number of carbonyl (C=O) groups is 1. The number of hydrogen-bond acceptors (Lipinski definition) is 2. The molecule has 1 unspecified atom stereocenters. The van der Waals surface area contributed by atoms with Crippen LogP contribution in [0.3, 0.4) is 0 Å². The summed E-state index contributed by atoms with van der Waals surface area (Å²) in [7, 11) is 0. The average molecular weight is 241 g/mol. The van der Waals surface area contributed by atoms with Crippen molar-refractivity contribution >= 4 is 5.91 Å². The van der Waals surface area contributed by atoms with Gasteiger partial charge in [-0.2, -0.15) is 0 Å². The average Bonchev–Trinajstić information content (AvgIpc) is 2.38. The third kappa shape index (κ3) is 4.66. The van der Waals surface area contributed by atoms with Crippen molar-refractivity contribution in [3.05, 3.63) is 0 Å². The van der Waals surface area contributed by atoms with Gasteiger partial charge in [-0.1, -0.05) is 46.0 Å². The second-order valence-corrected chi connectivity index (χ2v) is 5.22. The molecule has 0 saturated heterocycles. The molecule has 0 aliphatic heterocycles. The molecule has 1 rings (SSSR count). The van der Waals surface area contributed by atoms with Gasteiger partial charge in [-0.05, 0) is 18.8 Å². The van der Waals surface area contributed by atoms with E-state index < -0.39 is 6.10 Å². The second kappa shape index (κ2) is 7.70. The van der Waals surface area contributed by atoms with E-state index in [0.717, 1.165) is 25.7 Å². The quantitative estimate of drug-likeness (QED) is 0.750. The Morgan fingerprint density at radius 2 is 1.82 bits per heavy atom. The monoisotopic (exact) mass is 241 g/mol. The van der Waals surface area contributed by atoms with E-state index in [2.05, 4.69) is 19.2 Å². The first-order chi connectivity index (χ1) is 8.19. The lowest BCUT2D eigenvalue weighted by Crippen LogP contribution is -2.39. The Balaban J connectivity index is 2.26. The van der Waals surface area contributed by atoms with Crippen LogP contribution < -0.4 is 5.32 Å². The van der Waals surface area contributed by atoms with Crippen molar-refractivity contribution in [2.75, 3.05) is 6.54 Å². The van der Waals surface area contributed by atoms with Gasteiger partial charge in [-0.25, -0.2) is 0 Å². The zero-order valence-corrected chi connectivity index (χ0v) is 11.2. The van der Waals surface area contributed by atoms with Gasteiger partial charge in [-0.3, -0.25) is 4.79 Å². The van der Waals surface area contributed by atoms with Crippen molar-refractivity contribution in [3.8, 4) is 0 Å². The molecule has 3 heteroatoms. The van der Waals surface area contributed by atoms with Crippen molar-refractivity contribution in [3.63, 3.8) is 0 Å². The molecule has 3 nitrogen and oxygen atoms in total. The molecule has 100 valence electrons. The third-order valence-electron chi connectivity index (χ3n) is 4.05. The lowest BCUT2D eigenvalue weighted by atomic mass is 9.88. The Morgan fingerprint density at radius 1 is 1.24 bits per heavy atom. The van der Waals surface area contributed by atoms with Gasteiger partial charge < -0.3 is 10.4 Å². The standard InChI is InChI=1S/C14H27NO2/c1-3-11(4-2)13(16)10-15-14(17)12-8-6-5-7-9-12/h11-13,16H,3-10H2,1-2H3,(H,15,17). The number of carbonyl (C=O) groups excluding carboxylic acids is 1. The first kappa shape index (κ1) is 14.5. The van der Waals surface area contributed by atoms with Crippen LogP contribution in [0.25, 0.3) is 0 Å². The molecule has 0 bridgehead atoms. The summed E-state index contributed by atoms with van der Waals surface area (Å²) in [4.78, 5) is 11.9. The minimum absolute atomic E-state index is 0.148. The number of hydrogen-bond donors (Lipinski definition) is 2. The highest BCUT2D eigenvalue weighted by Crippen LogP contribution is 2.23. The zero-order valence-electron chi connectivity index (χ0n) is 11.2. The van der Waals surface area contributed by atoms with Crippen LogP contribution >= 0.6 is 0 Å². The van der Waals surface area contributed by atoms with E-state index in [1.54, 1.807) is 0 Å². The molecule has 2 N–H and O–H groups in total. The predicted octanol–water partition coefficient (Wildman–Crippen LogP) is 2.48. The molecular weight excluding hydrogens is 214 g/mol. The van der Waals surface area contributed by atoms with E-state index in [0.29, 0.717) is 12.5 Å². The third-order valence-corrected chi connectivity index (χ3v) is 4.05. The van der Waals surface area contributed by atoms with Gasteiger partial charge >= 0.3 is 0 Å². The molecule has 0 aromatic heterocycles. The number of rotatable bonds is 6. The summed E-state index contributed by atoms with van der Waals surface area (Å²) in [5.41, 5.74) is 0. The molecule has 0 spiro atoms. The largest absolute Gasteiger partial charge is 0.391 e. The summed E-state index contributed by atoms with van der Waals surface area (Å²) >= 11 is 0. The molecule has 17 heavy (non-hydrogen) atoms. The van der Waals surface area contributed by atoms with Gasteiger partial charge in [0.15, 0.2) is 0 Å². The highest BCUT2D eigenvalue weighted by Gasteiger charge is 2.22. The lowest BCUT2D eigenvalue weighted by molar-refractivity contribution is -0.126. The molecule has 0 heterocycles.